The molecule has 1 amide bonds. The molecule has 0 aliphatic rings. The summed E-state index contributed by atoms with van der Waals surface area (Å²) < 4.78 is 0. The van der Waals surface area contributed by atoms with Crippen LogP contribution in [0.1, 0.15) is 27.2 Å². The first kappa shape index (κ1) is 15.4. The molecular weight excluding hydrogens is 258 g/mol. The van der Waals surface area contributed by atoms with Gasteiger partial charge in [-0.15, -0.1) is 0 Å². The second-order valence-corrected chi connectivity index (χ2v) is 5.12. The molecule has 0 spiro atoms. The average Bonchev–Trinajstić information content (AvgIpc) is 2.31. The van der Waals surface area contributed by atoms with Crippen molar-refractivity contribution in [3.63, 3.8) is 0 Å². The van der Waals surface area contributed by atoms with Gasteiger partial charge in [-0.1, -0.05) is 13.8 Å². The normalized spacial score (nSPS) is 10.1. The van der Waals surface area contributed by atoms with Crippen LogP contribution in [0.4, 0.5) is 11.4 Å². The van der Waals surface area contributed by atoms with Crippen LogP contribution in [0.15, 0.2) is 24.3 Å². The molecule has 3 N–H and O–H groups in total. The largest absolute Gasteiger partial charge is 0.363 e. The van der Waals surface area contributed by atoms with Gasteiger partial charge in [0, 0.05) is 24.3 Å². The summed E-state index contributed by atoms with van der Waals surface area (Å²) in [4.78, 5) is 11.6. The molecular formula is C14H21N3OS. The van der Waals surface area contributed by atoms with E-state index in [0.29, 0.717) is 17.5 Å². The molecule has 0 atom stereocenters. The van der Waals surface area contributed by atoms with Crippen LogP contribution in [0, 0.1) is 5.92 Å². The monoisotopic (exact) mass is 279 g/mol. The van der Waals surface area contributed by atoms with E-state index >= 15 is 0 Å². The highest BCUT2D eigenvalue weighted by Gasteiger charge is 2.05. The predicted molar refractivity (Wildman–Crippen MR) is 84.4 cm³/mol. The zero-order valence-corrected chi connectivity index (χ0v) is 12.4. The number of thiocarbonyl (C=S) groups is 1. The van der Waals surface area contributed by atoms with Gasteiger partial charge in [0.05, 0.1) is 0 Å². The van der Waals surface area contributed by atoms with Crippen molar-refractivity contribution in [3.8, 4) is 0 Å². The van der Waals surface area contributed by atoms with Gasteiger partial charge in [0.1, 0.15) is 0 Å². The zero-order valence-electron chi connectivity index (χ0n) is 11.6. The van der Waals surface area contributed by atoms with Crippen molar-refractivity contribution in [2.24, 2.45) is 5.92 Å². The minimum atomic E-state index is 0.0406. The third-order valence-electron chi connectivity index (χ3n) is 2.36. The van der Waals surface area contributed by atoms with E-state index in [9.17, 15) is 4.79 Å². The van der Waals surface area contributed by atoms with Crippen LogP contribution in [0.25, 0.3) is 0 Å². The Morgan fingerprint density at radius 3 is 2.16 bits per heavy atom. The summed E-state index contributed by atoms with van der Waals surface area (Å²) in [7, 11) is 0. The van der Waals surface area contributed by atoms with E-state index < -0.39 is 0 Å². The zero-order chi connectivity index (χ0) is 14.3. The van der Waals surface area contributed by atoms with E-state index in [4.69, 9.17) is 12.2 Å². The van der Waals surface area contributed by atoms with Crippen molar-refractivity contribution < 1.29 is 4.79 Å². The van der Waals surface area contributed by atoms with E-state index in [0.717, 1.165) is 17.9 Å². The number of benzene rings is 1. The van der Waals surface area contributed by atoms with E-state index in [1.807, 2.05) is 45.0 Å². The van der Waals surface area contributed by atoms with Gasteiger partial charge in [0.25, 0.3) is 0 Å². The number of carbonyl (C=O) groups excluding carboxylic acids is 1. The summed E-state index contributed by atoms with van der Waals surface area (Å²) in [5.41, 5.74) is 1.69. The number of hydrogen-bond donors (Lipinski definition) is 3. The molecule has 104 valence electrons. The third-order valence-corrected chi connectivity index (χ3v) is 2.60. The molecule has 0 bridgehead atoms. The first-order valence-corrected chi connectivity index (χ1v) is 6.87. The molecule has 1 rings (SSSR count). The predicted octanol–water partition coefficient (Wildman–Crippen LogP) is 2.98. The van der Waals surface area contributed by atoms with Gasteiger partial charge >= 0.3 is 0 Å². The molecule has 0 saturated carbocycles. The number of nitrogens with one attached hydrogen (secondary N) is 3. The topological polar surface area (TPSA) is 53.2 Å². The maximum absolute atomic E-state index is 11.6. The second kappa shape index (κ2) is 7.74. The summed E-state index contributed by atoms with van der Waals surface area (Å²) in [5, 5.41) is 9.54. The fourth-order valence-electron chi connectivity index (χ4n) is 1.56. The quantitative estimate of drug-likeness (QED) is 0.725. The first-order chi connectivity index (χ1) is 9.01. The van der Waals surface area contributed by atoms with Crippen LogP contribution in [0.3, 0.4) is 0 Å². The van der Waals surface area contributed by atoms with E-state index in [1.54, 1.807) is 0 Å². The molecule has 0 heterocycles. The van der Waals surface area contributed by atoms with Crippen molar-refractivity contribution in [2.45, 2.75) is 27.2 Å². The van der Waals surface area contributed by atoms with Gasteiger partial charge in [-0.3, -0.25) is 4.79 Å². The fourth-order valence-corrected chi connectivity index (χ4v) is 1.82. The Balaban J connectivity index is 2.52. The number of carbonyl (C=O) groups is 1. The van der Waals surface area contributed by atoms with Crippen molar-refractivity contribution in [1.29, 1.82) is 0 Å². The van der Waals surface area contributed by atoms with Crippen molar-refractivity contribution in [2.75, 3.05) is 17.2 Å². The standard InChI is InChI=1S/C14H21N3OS/c1-4-15-14(19)17-12-7-5-11(6-8-12)16-13(18)9-10(2)3/h5-8,10H,4,9H2,1-3H3,(H,16,18)(H2,15,17,19). The van der Waals surface area contributed by atoms with Gasteiger partial charge in [0.15, 0.2) is 5.11 Å². The van der Waals surface area contributed by atoms with Crippen LogP contribution < -0.4 is 16.0 Å². The molecule has 0 radical (unpaired) electrons. The van der Waals surface area contributed by atoms with Gasteiger partial charge in [-0.25, -0.2) is 0 Å². The summed E-state index contributed by atoms with van der Waals surface area (Å²) in [6.45, 7) is 6.82. The van der Waals surface area contributed by atoms with Crippen molar-refractivity contribution in [1.82, 2.24) is 5.32 Å². The van der Waals surface area contributed by atoms with Crippen molar-refractivity contribution >= 4 is 34.6 Å². The Kier molecular flexibility index (Phi) is 6.29. The van der Waals surface area contributed by atoms with Gasteiger partial charge in [0.2, 0.25) is 5.91 Å². The molecule has 4 nitrogen and oxygen atoms in total. The Hall–Kier alpha value is -1.62. The Bertz CT molecular complexity index is 429. The van der Waals surface area contributed by atoms with E-state index in [1.165, 1.54) is 0 Å². The summed E-state index contributed by atoms with van der Waals surface area (Å²) >= 11 is 5.09. The fraction of sp³-hybridized carbons (Fsp3) is 0.429. The minimum Gasteiger partial charge on any atom is -0.363 e. The lowest BCUT2D eigenvalue weighted by Crippen LogP contribution is -2.27. The number of amides is 1. The average molecular weight is 279 g/mol. The first-order valence-electron chi connectivity index (χ1n) is 6.46. The second-order valence-electron chi connectivity index (χ2n) is 4.71. The van der Waals surface area contributed by atoms with Crippen LogP contribution in [-0.2, 0) is 4.79 Å². The van der Waals surface area contributed by atoms with Crippen molar-refractivity contribution in [3.05, 3.63) is 24.3 Å². The molecule has 0 saturated heterocycles. The summed E-state index contributed by atoms with van der Waals surface area (Å²) in [6, 6.07) is 7.48. The third kappa shape index (κ3) is 6.20. The highest BCUT2D eigenvalue weighted by atomic mass is 32.1. The summed E-state index contributed by atoms with van der Waals surface area (Å²) in [6.07, 6.45) is 0.532. The van der Waals surface area contributed by atoms with Gasteiger partial charge in [-0.05, 0) is 49.3 Å². The SMILES string of the molecule is CCNC(=S)Nc1ccc(NC(=O)CC(C)C)cc1. The van der Waals surface area contributed by atoms with Gasteiger partial charge in [-0.2, -0.15) is 0 Å². The molecule has 19 heavy (non-hydrogen) atoms. The van der Waals surface area contributed by atoms with E-state index in [2.05, 4.69) is 16.0 Å². The van der Waals surface area contributed by atoms with Crippen LogP contribution in [0.2, 0.25) is 0 Å². The molecule has 5 heteroatoms. The Morgan fingerprint density at radius 2 is 1.68 bits per heavy atom. The lowest BCUT2D eigenvalue weighted by molar-refractivity contribution is -0.116. The smallest absolute Gasteiger partial charge is 0.224 e. The van der Waals surface area contributed by atoms with Crippen LogP contribution >= 0.6 is 12.2 Å². The highest BCUT2D eigenvalue weighted by Crippen LogP contribution is 2.14. The number of rotatable bonds is 5. The Labute approximate surface area is 120 Å². The number of anilines is 2. The molecule has 0 fully saturated rings. The molecule has 1 aromatic carbocycles. The molecule has 0 aliphatic carbocycles. The lowest BCUT2D eigenvalue weighted by Gasteiger charge is -2.10. The van der Waals surface area contributed by atoms with Gasteiger partial charge < -0.3 is 16.0 Å². The molecule has 0 aliphatic heterocycles. The molecule has 1 aromatic rings. The summed E-state index contributed by atoms with van der Waals surface area (Å²) in [5.74, 6) is 0.400. The maximum atomic E-state index is 11.6. The minimum absolute atomic E-state index is 0.0406. The number of hydrogen-bond acceptors (Lipinski definition) is 2. The molecule has 0 unspecified atom stereocenters. The lowest BCUT2D eigenvalue weighted by atomic mass is 10.1. The Morgan fingerprint density at radius 1 is 1.16 bits per heavy atom. The maximum Gasteiger partial charge on any atom is 0.224 e. The van der Waals surface area contributed by atoms with Crippen LogP contribution in [-0.4, -0.2) is 17.6 Å². The molecule has 0 aromatic heterocycles. The highest BCUT2D eigenvalue weighted by molar-refractivity contribution is 7.80. The van der Waals surface area contributed by atoms with Crippen LogP contribution in [0.5, 0.6) is 0 Å². The van der Waals surface area contributed by atoms with E-state index in [-0.39, 0.29) is 5.91 Å².